The van der Waals surface area contributed by atoms with Gasteiger partial charge in [-0.3, -0.25) is 9.59 Å². The van der Waals surface area contributed by atoms with Crippen LogP contribution in [0, 0.1) is 0 Å². The molecule has 1 unspecified atom stereocenters. The first-order chi connectivity index (χ1) is 14.4. The Hall–Kier alpha value is -2.72. The highest BCUT2D eigenvalue weighted by atomic mass is 32.1. The van der Waals surface area contributed by atoms with Gasteiger partial charge in [0, 0.05) is 44.8 Å². The predicted molar refractivity (Wildman–Crippen MR) is 114 cm³/mol. The fourth-order valence-corrected chi connectivity index (χ4v) is 5.65. The third-order valence-corrected chi connectivity index (χ3v) is 7.34. The molecule has 0 aliphatic carbocycles. The predicted octanol–water partition coefficient (Wildman–Crippen LogP) is 0.720. The van der Waals surface area contributed by atoms with Crippen molar-refractivity contribution in [2.45, 2.75) is 25.5 Å². The summed E-state index contributed by atoms with van der Waals surface area (Å²) in [6.07, 6.45) is 2.91. The highest BCUT2D eigenvalue weighted by molar-refractivity contribution is 7.17. The normalized spacial score (nSPS) is 21.8. The zero-order valence-electron chi connectivity index (χ0n) is 17.0. The number of aliphatic hydroxyl groups excluding tert-OH is 1. The minimum atomic E-state index is -0.308. The lowest BCUT2D eigenvalue weighted by Crippen LogP contribution is -2.36. The van der Waals surface area contributed by atoms with Gasteiger partial charge >= 0.3 is 0 Å². The molecule has 3 aliphatic heterocycles. The summed E-state index contributed by atoms with van der Waals surface area (Å²) < 4.78 is 0. The number of likely N-dealkylation sites (N-methyl/N-ethyl adjacent to an activating group) is 2. The van der Waals surface area contributed by atoms with Gasteiger partial charge in [0.1, 0.15) is 17.4 Å². The van der Waals surface area contributed by atoms with Crippen molar-refractivity contribution in [1.29, 1.82) is 0 Å². The van der Waals surface area contributed by atoms with E-state index in [1.165, 1.54) is 16.2 Å². The topological polar surface area (TPSA) is 93.1 Å². The zero-order chi connectivity index (χ0) is 21.0. The number of aromatic nitrogens is 2. The molecule has 1 saturated heterocycles. The maximum Gasteiger partial charge on any atom is 0.257 e. The minimum Gasteiger partial charge on any atom is -0.391 e. The van der Waals surface area contributed by atoms with Gasteiger partial charge in [0.15, 0.2) is 0 Å². The average molecular weight is 429 g/mol. The second-order valence-electron chi connectivity index (χ2n) is 8.07. The van der Waals surface area contributed by atoms with Crippen LogP contribution in [0.1, 0.15) is 27.2 Å². The Morgan fingerprint density at radius 1 is 1.17 bits per heavy atom. The standard InChI is InChI=1S/C20H24N6O3S/c1-23-11-16(28)24(2)19-17(18(23)29)13-5-8-26(10-14(13)30-19)20-21-6-3-15(22-20)25-7-4-12(27)9-25/h3,6,12,27H,4-5,7-11H2,1-2H3. The van der Waals surface area contributed by atoms with E-state index >= 15 is 0 Å². The first-order valence-electron chi connectivity index (χ1n) is 10.1. The summed E-state index contributed by atoms with van der Waals surface area (Å²) in [6.45, 7) is 2.79. The molecule has 158 valence electrons. The van der Waals surface area contributed by atoms with Gasteiger partial charge < -0.3 is 24.7 Å². The second-order valence-corrected chi connectivity index (χ2v) is 9.16. The van der Waals surface area contributed by atoms with Gasteiger partial charge in [-0.2, -0.15) is 4.98 Å². The zero-order valence-corrected chi connectivity index (χ0v) is 17.9. The summed E-state index contributed by atoms with van der Waals surface area (Å²) >= 11 is 1.51. The number of fused-ring (bicyclic) bond motifs is 3. The number of aliphatic hydroxyl groups is 1. The van der Waals surface area contributed by atoms with E-state index in [4.69, 9.17) is 4.98 Å². The molecule has 10 heteroatoms. The fraction of sp³-hybridized carbons (Fsp3) is 0.500. The monoisotopic (exact) mass is 428 g/mol. The number of hydrogen-bond donors (Lipinski definition) is 1. The van der Waals surface area contributed by atoms with Gasteiger partial charge in [0.25, 0.3) is 5.91 Å². The van der Waals surface area contributed by atoms with E-state index in [-0.39, 0.29) is 24.5 Å². The van der Waals surface area contributed by atoms with Crippen LogP contribution in [0.5, 0.6) is 0 Å². The Balaban J connectivity index is 1.44. The quantitative estimate of drug-likeness (QED) is 0.753. The maximum atomic E-state index is 12.9. The van der Waals surface area contributed by atoms with Crippen molar-refractivity contribution in [1.82, 2.24) is 14.9 Å². The Morgan fingerprint density at radius 3 is 2.77 bits per heavy atom. The second kappa shape index (κ2) is 7.21. The maximum absolute atomic E-state index is 12.9. The van der Waals surface area contributed by atoms with Crippen molar-refractivity contribution < 1.29 is 14.7 Å². The Kier molecular flexibility index (Phi) is 4.62. The van der Waals surface area contributed by atoms with Crippen LogP contribution in [-0.2, 0) is 17.8 Å². The molecule has 3 aliphatic rings. The van der Waals surface area contributed by atoms with Gasteiger partial charge in [0.2, 0.25) is 11.9 Å². The van der Waals surface area contributed by atoms with E-state index in [0.717, 1.165) is 34.2 Å². The van der Waals surface area contributed by atoms with E-state index in [2.05, 4.69) is 14.8 Å². The molecule has 0 aromatic carbocycles. The summed E-state index contributed by atoms with van der Waals surface area (Å²) in [5.41, 5.74) is 1.72. The number of carbonyl (C=O) groups is 2. The number of nitrogens with zero attached hydrogens (tertiary/aromatic N) is 6. The van der Waals surface area contributed by atoms with E-state index < -0.39 is 0 Å². The van der Waals surface area contributed by atoms with Crippen molar-refractivity contribution in [3.8, 4) is 0 Å². The van der Waals surface area contributed by atoms with Gasteiger partial charge in [-0.1, -0.05) is 0 Å². The number of amides is 2. The molecule has 1 atom stereocenters. The molecule has 1 fully saturated rings. The third-order valence-electron chi connectivity index (χ3n) is 6.05. The smallest absolute Gasteiger partial charge is 0.257 e. The number of hydrogen-bond acceptors (Lipinski definition) is 8. The van der Waals surface area contributed by atoms with E-state index in [0.29, 0.717) is 37.6 Å². The minimum absolute atomic E-state index is 0.0797. The Labute approximate surface area is 178 Å². The lowest BCUT2D eigenvalue weighted by atomic mass is 10.0. The Morgan fingerprint density at radius 2 is 2.00 bits per heavy atom. The van der Waals surface area contributed by atoms with Crippen LogP contribution in [0.15, 0.2) is 12.3 Å². The van der Waals surface area contributed by atoms with Crippen LogP contribution in [0.3, 0.4) is 0 Å². The van der Waals surface area contributed by atoms with Crippen LogP contribution < -0.4 is 14.7 Å². The molecule has 2 amide bonds. The van der Waals surface area contributed by atoms with Gasteiger partial charge in [-0.15, -0.1) is 11.3 Å². The average Bonchev–Trinajstić information content (AvgIpc) is 3.33. The van der Waals surface area contributed by atoms with Gasteiger partial charge in [-0.25, -0.2) is 4.98 Å². The lowest BCUT2D eigenvalue weighted by molar-refractivity contribution is -0.118. The molecule has 0 spiro atoms. The van der Waals surface area contributed by atoms with Gasteiger partial charge in [0.05, 0.1) is 18.2 Å². The van der Waals surface area contributed by atoms with Crippen molar-refractivity contribution in [3.63, 3.8) is 0 Å². The molecular formula is C20H24N6O3S. The van der Waals surface area contributed by atoms with Crippen molar-refractivity contribution >= 4 is 39.9 Å². The first-order valence-corrected chi connectivity index (χ1v) is 10.9. The van der Waals surface area contributed by atoms with E-state index in [9.17, 15) is 14.7 Å². The number of β-amino-alcohol motifs (C(OH)–C–C–N with tert-alkyl or cyclic N) is 1. The van der Waals surface area contributed by atoms with Gasteiger partial charge in [-0.05, 0) is 24.5 Å². The molecule has 0 radical (unpaired) electrons. The number of carbonyl (C=O) groups excluding carboxylic acids is 2. The van der Waals surface area contributed by atoms with E-state index in [1.54, 1.807) is 25.2 Å². The van der Waals surface area contributed by atoms with Crippen molar-refractivity contribution in [2.24, 2.45) is 0 Å². The van der Waals surface area contributed by atoms with E-state index in [1.807, 2.05) is 6.07 Å². The summed E-state index contributed by atoms with van der Waals surface area (Å²) in [5, 5.41) is 10.6. The molecule has 9 nitrogen and oxygen atoms in total. The molecule has 5 heterocycles. The largest absolute Gasteiger partial charge is 0.391 e. The highest BCUT2D eigenvalue weighted by Crippen LogP contribution is 2.41. The summed E-state index contributed by atoms with van der Waals surface area (Å²) in [6, 6.07) is 1.87. The summed E-state index contributed by atoms with van der Waals surface area (Å²) in [5.74, 6) is 1.31. The Bertz CT molecular complexity index is 1020. The summed E-state index contributed by atoms with van der Waals surface area (Å²) in [7, 11) is 3.42. The highest BCUT2D eigenvalue weighted by Gasteiger charge is 2.36. The third kappa shape index (κ3) is 3.10. The number of rotatable bonds is 2. The molecular weight excluding hydrogens is 404 g/mol. The molecule has 2 aromatic heterocycles. The molecule has 0 saturated carbocycles. The van der Waals surface area contributed by atoms with Crippen LogP contribution in [0.25, 0.3) is 0 Å². The van der Waals surface area contributed by atoms with Crippen molar-refractivity contribution in [3.05, 3.63) is 28.3 Å². The van der Waals surface area contributed by atoms with Crippen LogP contribution >= 0.6 is 11.3 Å². The fourth-order valence-electron chi connectivity index (χ4n) is 4.32. The molecule has 1 N–H and O–H groups in total. The summed E-state index contributed by atoms with van der Waals surface area (Å²) in [4.78, 5) is 42.9. The number of anilines is 3. The molecule has 2 aromatic rings. The number of thiophene rings is 1. The molecule has 0 bridgehead atoms. The van der Waals surface area contributed by atoms with Crippen molar-refractivity contribution in [2.75, 3.05) is 55.0 Å². The van der Waals surface area contributed by atoms with Crippen LogP contribution in [0.4, 0.5) is 16.8 Å². The lowest BCUT2D eigenvalue weighted by Gasteiger charge is -2.28. The molecule has 5 rings (SSSR count). The first kappa shape index (κ1) is 19.3. The SMILES string of the molecule is CN1CC(=O)N(C)c2sc3c(c2C1=O)CCN(c1nccc(N2CCC(O)C2)n1)C3. The van der Waals surface area contributed by atoms with Crippen LogP contribution in [0.2, 0.25) is 0 Å². The van der Waals surface area contributed by atoms with Crippen LogP contribution in [-0.4, -0.2) is 78.2 Å². The molecule has 30 heavy (non-hydrogen) atoms.